The van der Waals surface area contributed by atoms with Crippen LogP contribution in [0.4, 0.5) is 0 Å². The van der Waals surface area contributed by atoms with E-state index in [9.17, 15) is 0 Å². The van der Waals surface area contributed by atoms with Crippen molar-refractivity contribution < 1.29 is 4.74 Å². The van der Waals surface area contributed by atoms with E-state index in [4.69, 9.17) is 4.74 Å². The van der Waals surface area contributed by atoms with Crippen LogP contribution in [0.5, 0.6) is 5.75 Å². The van der Waals surface area contributed by atoms with Gasteiger partial charge in [-0.3, -0.25) is 4.99 Å². The van der Waals surface area contributed by atoms with E-state index in [0.29, 0.717) is 12.6 Å². The number of ether oxygens (including phenoxy) is 1. The SMILES string of the molecule is CN=C(NCc1ccc(C)cc1OC)NC1CC1C. The van der Waals surface area contributed by atoms with E-state index in [1.54, 1.807) is 14.2 Å². The molecule has 4 nitrogen and oxygen atoms in total. The standard InChI is InChI=1S/C15H23N3O/c1-10-5-6-12(14(7-10)19-4)9-17-15(16-3)18-13-8-11(13)2/h5-7,11,13H,8-9H2,1-4H3,(H2,16,17,18). The quantitative estimate of drug-likeness (QED) is 0.644. The maximum absolute atomic E-state index is 5.40. The van der Waals surface area contributed by atoms with E-state index in [-0.39, 0.29) is 0 Å². The van der Waals surface area contributed by atoms with Crippen molar-refractivity contribution in [3.05, 3.63) is 29.3 Å². The Balaban J connectivity index is 1.93. The lowest BCUT2D eigenvalue weighted by atomic mass is 10.1. The van der Waals surface area contributed by atoms with Gasteiger partial charge < -0.3 is 15.4 Å². The second-order valence-corrected chi connectivity index (χ2v) is 5.20. The monoisotopic (exact) mass is 261 g/mol. The number of benzene rings is 1. The first-order valence-corrected chi connectivity index (χ1v) is 6.74. The van der Waals surface area contributed by atoms with Gasteiger partial charge in [-0.2, -0.15) is 0 Å². The number of aryl methyl sites for hydroxylation is 1. The number of hydrogen-bond acceptors (Lipinski definition) is 2. The highest BCUT2D eigenvalue weighted by Gasteiger charge is 2.33. The summed E-state index contributed by atoms with van der Waals surface area (Å²) in [6, 6.07) is 6.81. The van der Waals surface area contributed by atoms with Crippen molar-refractivity contribution in [3.8, 4) is 5.75 Å². The Morgan fingerprint density at radius 1 is 1.47 bits per heavy atom. The fraction of sp³-hybridized carbons (Fsp3) is 0.533. The molecule has 4 heteroatoms. The van der Waals surface area contributed by atoms with Gasteiger partial charge in [-0.25, -0.2) is 0 Å². The molecular formula is C15H23N3O. The van der Waals surface area contributed by atoms with Crippen LogP contribution < -0.4 is 15.4 Å². The molecule has 0 heterocycles. The minimum atomic E-state index is 0.575. The third kappa shape index (κ3) is 3.63. The van der Waals surface area contributed by atoms with E-state index in [0.717, 1.165) is 23.2 Å². The molecular weight excluding hydrogens is 238 g/mol. The molecule has 19 heavy (non-hydrogen) atoms. The van der Waals surface area contributed by atoms with Crippen molar-refractivity contribution in [1.29, 1.82) is 0 Å². The van der Waals surface area contributed by atoms with E-state index < -0.39 is 0 Å². The minimum absolute atomic E-state index is 0.575. The van der Waals surface area contributed by atoms with Crippen LogP contribution >= 0.6 is 0 Å². The highest BCUT2D eigenvalue weighted by molar-refractivity contribution is 5.80. The molecule has 2 unspecified atom stereocenters. The van der Waals surface area contributed by atoms with Crippen molar-refractivity contribution in [2.75, 3.05) is 14.2 Å². The van der Waals surface area contributed by atoms with Crippen molar-refractivity contribution in [1.82, 2.24) is 10.6 Å². The summed E-state index contributed by atoms with van der Waals surface area (Å²) in [5.74, 6) is 2.53. The molecule has 0 bridgehead atoms. The molecule has 1 fully saturated rings. The van der Waals surface area contributed by atoms with Gasteiger partial charge in [0.25, 0.3) is 0 Å². The fourth-order valence-electron chi connectivity index (χ4n) is 2.07. The molecule has 0 saturated heterocycles. The Morgan fingerprint density at radius 3 is 2.79 bits per heavy atom. The zero-order valence-electron chi connectivity index (χ0n) is 12.2. The van der Waals surface area contributed by atoms with Crippen molar-refractivity contribution in [3.63, 3.8) is 0 Å². The summed E-state index contributed by atoms with van der Waals surface area (Å²) in [5.41, 5.74) is 2.34. The topological polar surface area (TPSA) is 45.7 Å². The van der Waals surface area contributed by atoms with E-state index >= 15 is 0 Å². The van der Waals surface area contributed by atoms with Gasteiger partial charge in [-0.1, -0.05) is 19.1 Å². The number of hydrogen-bond donors (Lipinski definition) is 2. The predicted octanol–water partition coefficient (Wildman–Crippen LogP) is 2.08. The summed E-state index contributed by atoms with van der Waals surface area (Å²) in [5, 5.41) is 6.74. The highest BCUT2D eigenvalue weighted by atomic mass is 16.5. The lowest BCUT2D eigenvalue weighted by Gasteiger charge is -2.14. The van der Waals surface area contributed by atoms with Crippen LogP contribution in [0.15, 0.2) is 23.2 Å². The highest BCUT2D eigenvalue weighted by Crippen LogP contribution is 2.28. The molecule has 1 saturated carbocycles. The molecule has 104 valence electrons. The number of guanidine groups is 1. The average molecular weight is 261 g/mol. The fourth-order valence-corrected chi connectivity index (χ4v) is 2.07. The molecule has 0 radical (unpaired) electrons. The second-order valence-electron chi connectivity index (χ2n) is 5.20. The minimum Gasteiger partial charge on any atom is -0.496 e. The van der Waals surface area contributed by atoms with E-state index in [1.807, 2.05) is 0 Å². The molecule has 0 aromatic heterocycles. The predicted molar refractivity (Wildman–Crippen MR) is 78.6 cm³/mol. The number of nitrogens with one attached hydrogen (secondary N) is 2. The van der Waals surface area contributed by atoms with Gasteiger partial charge in [0.15, 0.2) is 5.96 Å². The van der Waals surface area contributed by atoms with Crippen LogP contribution in [0.1, 0.15) is 24.5 Å². The maximum atomic E-state index is 5.40. The van der Waals surface area contributed by atoms with Gasteiger partial charge in [0.1, 0.15) is 5.75 Å². The molecule has 2 N–H and O–H groups in total. The first-order chi connectivity index (χ1) is 9.13. The Hall–Kier alpha value is -1.71. The van der Waals surface area contributed by atoms with Crippen LogP contribution in [0.2, 0.25) is 0 Å². The van der Waals surface area contributed by atoms with E-state index in [2.05, 4.69) is 47.7 Å². The van der Waals surface area contributed by atoms with Crippen molar-refractivity contribution in [2.24, 2.45) is 10.9 Å². The van der Waals surface area contributed by atoms with Gasteiger partial charge in [-0.15, -0.1) is 0 Å². The van der Waals surface area contributed by atoms with Crippen LogP contribution in [0.25, 0.3) is 0 Å². The Labute approximate surface area is 115 Å². The lowest BCUT2D eigenvalue weighted by Crippen LogP contribution is -2.38. The largest absolute Gasteiger partial charge is 0.496 e. The van der Waals surface area contributed by atoms with E-state index in [1.165, 1.54) is 12.0 Å². The summed E-state index contributed by atoms with van der Waals surface area (Å²) in [6.07, 6.45) is 1.23. The van der Waals surface area contributed by atoms with Crippen LogP contribution in [-0.4, -0.2) is 26.2 Å². The molecule has 2 rings (SSSR count). The first-order valence-electron chi connectivity index (χ1n) is 6.74. The maximum Gasteiger partial charge on any atom is 0.191 e. The normalized spacial score (nSPS) is 22.0. The number of rotatable bonds is 4. The molecule has 1 aromatic rings. The van der Waals surface area contributed by atoms with Gasteiger partial charge in [0.05, 0.1) is 7.11 Å². The average Bonchev–Trinajstić information content (AvgIpc) is 3.10. The molecule has 1 aromatic carbocycles. The molecule has 1 aliphatic rings. The zero-order chi connectivity index (χ0) is 13.8. The summed E-state index contributed by atoms with van der Waals surface area (Å²) in [7, 11) is 3.51. The molecule has 0 aliphatic heterocycles. The Kier molecular flexibility index (Phi) is 4.30. The number of aliphatic imine (C=N–C) groups is 1. The number of methoxy groups -OCH3 is 1. The van der Waals surface area contributed by atoms with Gasteiger partial charge in [0, 0.05) is 25.2 Å². The lowest BCUT2D eigenvalue weighted by molar-refractivity contribution is 0.408. The third-order valence-corrected chi connectivity index (χ3v) is 3.54. The zero-order valence-corrected chi connectivity index (χ0v) is 12.2. The van der Waals surface area contributed by atoms with Crippen molar-refractivity contribution in [2.45, 2.75) is 32.9 Å². The first kappa shape index (κ1) is 13.7. The summed E-state index contributed by atoms with van der Waals surface area (Å²) < 4.78 is 5.40. The van der Waals surface area contributed by atoms with Gasteiger partial charge in [-0.05, 0) is 30.9 Å². The van der Waals surface area contributed by atoms with Gasteiger partial charge in [0.2, 0.25) is 0 Å². The molecule has 1 aliphatic carbocycles. The summed E-state index contributed by atoms with van der Waals surface area (Å²) >= 11 is 0. The molecule has 2 atom stereocenters. The van der Waals surface area contributed by atoms with Crippen LogP contribution in [-0.2, 0) is 6.54 Å². The summed E-state index contributed by atoms with van der Waals surface area (Å²) in [6.45, 7) is 5.02. The van der Waals surface area contributed by atoms with Crippen molar-refractivity contribution >= 4 is 5.96 Å². The molecule has 0 spiro atoms. The Bertz CT molecular complexity index is 470. The number of nitrogens with zero attached hydrogens (tertiary/aromatic N) is 1. The Morgan fingerprint density at radius 2 is 2.21 bits per heavy atom. The second kappa shape index (κ2) is 5.95. The third-order valence-electron chi connectivity index (χ3n) is 3.54. The molecule has 0 amide bonds. The van der Waals surface area contributed by atoms with Gasteiger partial charge >= 0.3 is 0 Å². The summed E-state index contributed by atoms with van der Waals surface area (Å²) in [4.78, 5) is 4.24. The van der Waals surface area contributed by atoms with Crippen LogP contribution in [0.3, 0.4) is 0 Å². The van der Waals surface area contributed by atoms with Crippen LogP contribution in [0, 0.1) is 12.8 Å². The smallest absolute Gasteiger partial charge is 0.191 e.